The summed E-state index contributed by atoms with van der Waals surface area (Å²) in [5, 5.41) is 6.83. The third kappa shape index (κ3) is 4.82. The Kier molecular flexibility index (Phi) is 6.86. The summed E-state index contributed by atoms with van der Waals surface area (Å²) in [4.78, 5) is 10.4. The number of benzene rings is 8. The van der Waals surface area contributed by atoms with E-state index in [0.29, 0.717) is 5.82 Å². The minimum absolute atomic E-state index is 0.668. The Labute approximate surface area is 327 Å². The highest BCUT2D eigenvalue weighted by atomic mass is 16.3. The molecule has 5 nitrogen and oxygen atoms in total. The zero-order valence-electron chi connectivity index (χ0n) is 30.7. The zero-order valence-corrected chi connectivity index (χ0v) is 30.7. The van der Waals surface area contributed by atoms with Crippen LogP contribution >= 0.6 is 0 Å². The third-order valence-electron chi connectivity index (χ3n) is 11.3. The minimum atomic E-state index is 0.668. The van der Waals surface area contributed by atoms with Gasteiger partial charge < -0.3 is 13.6 Å². The van der Waals surface area contributed by atoms with Gasteiger partial charge in [-0.15, -0.1) is 0 Å². The van der Waals surface area contributed by atoms with E-state index in [9.17, 15) is 0 Å². The molecule has 0 N–H and O–H groups in total. The maximum atomic E-state index is 6.77. The summed E-state index contributed by atoms with van der Waals surface area (Å²) in [6, 6.07) is 68.2. The van der Waals surface area contributed by atoms with Crippen molar-refractivity contribution in [2.24, 2.45) is 0 Å². The standard InChI is InChI=1S/C52H32N4O/c1-4-15-33(16-5-1)43-32-44(34-17-6-2-7-18-34)54-52(53-43)35-19-14-22-37(31-35)56-46-30-29-41-39-24-11-13-26-47(39)57-51(41)48(46)42-28-27-40-38-23-10-12-25-45(38)55(49(40)50(42)56)36-20-8-3-9-21-36/h1-32H. The lowest BCUT2D eigenvalue weighted by atomic mass is 10.1. The molecule has 0 radical (unpaired) electrons. The van der Waals surface area contributed by atoms with Gasteiger partial charge in [-0.1, -0.05) is 140 Å². The molecule has 0 unspecified atom stereocenters. The quantitative estimate of drug-likeness (QED) is 0.177. The zero-order chi connectivity index (χ0) is 37.5. The highest BCUT2D eigenvalue weighted by molar-refractivity contribution is 6.29. The van der Waals surface area contributed by atoms with Gasteiger partial charge >= 0.3 is 0 Å². The summed E-state index contributed by atoms with van der Waals surface area (Å²) in [5.74, 6) is 0.668. The van der Waals surface area contributed by atoms with Crippen molar-refractivity contribution in [1.82, 2.24) is 19.1 Å². The second-order valence-corrected chi connectivity index (χ2v) is 14.6. The number of fused-ring (bicyclic) bond motifs is 11. The van der Waals surface area contributed by atoms with Crippen molar-refractivity contribution in [2.75, 3.05) is 0 Å². The van der Waals surface area contributed by atoms with Crippen molar-refractivity contribution < 1.29 is 4.42 Å². The molecule has 0 saturated carbocycles. The van der Waals surface area contributed by atoms with E-state index >= 15 is 0 Å². The lowest BCUT2D eigenvalue weighted by Crippen LogP contribution is -2.00. The molecule has 5 heteroatoms. The van der Waals surface area contributed by atoms with Gasteiger partial charge in [0, 0.05) is 55.0 Å². The van der Waals surface area contributed by atoms with Crippen molar-refractivity contribution in [2.45, 2.75) is 0 Å². The SMILES string of the molecule is c1ccc(-c2cc(-c3ccccc3)nc(-c3cccc(-n4c5ccc6c7ccccc7oc6c5c5ccc6c7ccccc7n(-c7ccccc7)c6c54)c3)n2)cc1. The summed E-state index contributed by atoms with van der Waals surface area (Å²) in [6.07, 6.45) is 0. The van der Waals surface area contributed by atoms with Gasteiger partial charge in [-0.25, -0.2) is 9.97 Å². The summed E-state index contributed by atoms with van der Waals surface area (Å²) in [6.45, 7) is 0. The van der Waals surface area contributed by atoms with E-state index in [1.807, 2.05) is 18.2 Å². The molecule has 0 bridgehead atoms. The van der Waals surface area contributed by atoms with Crippen LogP contribution in [0.15, 0.2) is 199 Å². The first-order chi connectivity index (χ1) is 28.3. The normalized spacial score (nSPS) is 11.9. The van der Waals surface area contributed by atoms with Crippen LogP contribution in [0.1, 0.15) is 0 Å². The molecule has 4 aromatic heterocycles. The average molecular weight is 729 g/mol. The van der Waals surface area contributed by atoms with Crippen LogP contribution in [0, 0.1) is 0 Å². The fourth-order valence-corrected chi connectivity index (χ4v) is 8.80. The second kappa shape index (κ2) is 12.4. The molecular formula is C52H32N4O. The monoisotopic (exact) mass is 728 g/mol. The van der Waals surface area contributed by atoms with Gasteiger partial charge in [0.25, 0.3) is 0 Å². The summed E-state index contributed by atoms with van der Waals surface area (Å²) in [5.41, 5.74) is 13.1. The Morgan fingerprint density at radius 1 is 0.368 bits per heavy atom. The van der Waals surface area contributed by atoms with Crippen LogP contribution < -0.4 is 0 Å². The molecule has 0 spiro atoms. The summed E-state index contributed by atoms with van der Waals surface area (Å²) < 4.78 is 11.6. The van der Waals surface area contributed by atoms with Crippen LogP contribution in [0.3, 0.4) is 0 Å². The topological polar surface area (TPSA) is 48.8 Å². The Morgan fingerprint density at radius 3 is 1.68 bits per heavy atom. The van der Waals surface area contributed by atoms with Crippen LogP contribution in [-0.4, -0.2) is 19.1 Å². The van der Waals surface area contributed by atoms with Crippen molar-refractivity contribution in [3.8, 4) is 45.3 Å². The molecule has 12 rings (SSSR count). The lowest BCUT2D eigenvalue weighted by Gasteiger charge is -2.14. The van der Waals surface area contributed by atoms with Gasteiger partial charge in [-0.2, -0.15) is 0 Å². The number of rotatable bonds is 5. The smallest absolute Gasteiger partial charge is 0.160 e. The molecule has 266 valence electrons. The average Bonchev–Trinajstić information content (AvgIpc) is 3.95. The molecule has 57 heavy (non-hydrogen) atoms. The Bertz CT molecular complexity index is 3450. The van der Waals surface area contributed by atoms with E-state index in [1.165, 1.54) is 10.8 Å². The number of aromatic nitrogens is 4. The largest absolute Gasteiger partial charge is 0.455 e. The summed E-state index contributed by atoms with van der Waals surface area (Å²) >= 11 is 0. The Balaban J connectivity index is 1.20. The Morgan fingerprint density at radius 2 is 0.930 bits per heavy atom. The van der Waals surface area contributed by atoms with Gasteiger partial charge in [0.05, 0.1) is 38.8 Å². The number of para-hydroxylation sites is 3. The van der Waals surface area contributed by atoms with E-state index in [1.54, 1.807) is 0 Å². The van der Waals surface area contributed by atoms with Gasteiger partial charge in [0.1, 0.15) is 11.2 Å². The molecule has 0 aliphatic rings. The van der Waals surface area contributed by atoms with E-state index in [-0.39, 0.29) is 0 Å². The van der Waals surface area contributed by atoms with E-state index < -0.39 is 0 Å². The van der Waals surface area contributed by atoms with Crippen molar-refractivity contribution in [3.63, 3.8) is 0 Å². The van der Waals surface area contributed by atoms with E-state index in [0.717, 1.165) is 94.2 Å². The maximum Gasteiger partial charge on any atom is 0.160 e. The molecule has 4 heterocycles. The van der Waals surface area contributed by atoms with Crippen LogP contribution in [0.5, 0.6) is 0 Å². The fraction of sp³-hybridized carbons (Fsp3) is 0. The molecule has 0 atom stereocenters. The van der Waals surface area contributed by atoms with Crippen molar-refractivity contribution in [3.05, 3.63) is 194 Å². The number of nitrogens with zero attached hydrogens (tertiary/aromatic N) is 4. The second-order valence-electron chi connectivity index (χ2n) is 14.6. The first-order valence-corrected chi connectivity index (χ1v) is 19.3. The molecule has 12 aromatic rings. The van der Waals surface area contributed by atoms with Crippen LogP contribution in [0.2, 0.25) is 0 Å². The lowest BCUT2D eigenvalue weighted by molar-refractivity contribution is 0.673. The summed E-state index contributed by atoms with van der Waals surface area (Å²) in [7, 11) is 0. The predicted octanol–water partition coefficient (Wildman–Crippen LogP) is 13.6. The molecule has 0 aliphatic heterocycles. The van der Waals surface area contributed by atoms with Crippen molar-refractivity contribution in [1.29, 1.82) is 0 Å². The molecular weight excluding hydrogens is 697 g/mol. The first-order valence-electron chi connectivity index (χ1n) is 19.3. The molecule has 0 saturated heterocycles. The number of hydrogen-bond donors (Lipinski definition) is 0. The highest BCUT2D eigenvalue weighted by Gasteiger charge is 2.24. The van der Waals surface area contributed by atoms with Crippen LogP contribution in [-0.2, 0) is 0 Å². The predicted molar refractivity (Wildman–Crippen MR) is 234 cm³/mol. The van der Waals surface area contributed by atoms with Gasteiger partial charge in [-0.3, -0.25) is 0 Å². The van der Waals surface area contributed by atoms with Gasteiger partial charge in [0.15, 0.2) is 5.82 Å². The fourth-order valence-electron chi connectivity index (χ4n) is 8.80. The number of furan rings is 1. The maximum absolute atomic E-state index is 6.77. The minimum Gasteiger partial charge on any atom is -0.455 e. The van der Waals surface area contributed by atoms with Crippen molar-refractivity contribution >= 4 is 65.6 Å². The van der Waals surface area contributed by atoms with Crippen LogP contribution in [0.25, 0.3) is 111 Å². The molecule has 8 aromatic carbocycles. The van der Waals surface area contributed by atoms with Crippen LogP contribution in [0.4, 0.5) is 0 Å². The molecule has 0 aliphatic carbocycles. The van der Waals surface area contributed by atoms with Gasteiger partial charge in [-0.05, 0) is 54.6 Å². The third-order valence-corrected chi connectivity index (χ3v) is 11.3. The van der Waals surface area contributed by atoms with Gasteiger partial charge in [0.2, 0.25) is 0 Å². The Hall–Kier alpha value is -7.76. The highest BCUT2D eigenvalue weighted by Crippen LogP contribution is 2.45. The van der Waals surface area contributed by atoms with E-state index in [4.69, 9.17) is 14.4 Å². The van der Waals surface area contributed by atoms with E-state index in [2.05, 4.69) is 185 Å². The first kappa shape index (κ1) is 31.6. The molecule has 0 amide bonds. The molecule has 0 fully saturated rings. The number of hydrogen-bond acceptors (Lipinski definition) is 3.